The van der Waals surface area contributed by atoms with Crippen LogP contribution in [0.1, 0.15) is 37.4 Å². The molecule has 0 bridgehead atoms. The SMILES string of the molecule is CC(Nc1c(C2=C/C=C\CC/C=C\2)nc2cnccn12)C(=O)N1CCCN(C(=O)/C=C/c2ccccc2)CC1. The number of benzene rings is 1. The van der Waals surface area contributed by atoms with Crippen molar-refractivity contribution in [1.82, 2.24) is 24.2 Å². The normalized spacial score (nSPS) is 20.0. The molecule has 3 aromatic rings. The van der Waals surface area contributed by atoms with Crippen LogP contribution in [0.25, 0.3) is 17.3 Å². The Bertz CT molecular complexity index is 1440. The fraction of sp³-hybridized carbons (Fsp3) is 0.290. The first kappa shape index (κ1) is 26.2. The molecule has 0 saturated carbocycles. The summed E-state index contributed by atoms with van der Waals surface area (Å²) >= 11 is 0. The van der Waals surface area contributed by atoms with E-state index in [9.17, 15) is 9.59 Å². The number of amides is 2. The first-order valence-electron chi connectivity index (χ1n) is 13.5. The molecule has 3 heterocycles. The highest BCUT2D eigenvalue weighted by Crippen LogP contribution is 2.28. The summed E-state index contributed by atoms with van der Waals surface area (Å²) in [5.74, 6) is 0.731. The van der Waals surface area contributed by atoms with Crippen LogP contribution in [0.2, 0.25) is 0 Å². The van der Waals surface area contributed by atoms with Crippen molar-refractivity contribution in [3.63, 3.8) is 0 Å². The van der Waals surface area contributed by atoms with E-state index < -0.39 is 6.04 Å². The van der Waals surface area contributed by atoms with E-state index in [0.717, 1.165) is 41.9 Å². The van der Waals surface area contributed by atoms with Crippen molar-refractivity contribution in [2.45, 2.75) is 32.2 Å². The summed E-state index contributed by atoms with van der Waals surface area (Å²) in [5, 5.41) is 3.45. The molecule has 39 heavy (non-hydrogen) atoms. The van der Waals surface area contributed by atoms with Gasteiger partial charge in [-0.2, -0.15) is 0 Å². The van der Waals surface area contributed by atoms with Crippen LogP contribution in [0.15, 0.2) is 85.4 Å². The molecule has 0 radical (unpaired) electrons. The molecular weight excluding hydrogens is 488 g/mol. The minimum absolute atomic E-state index is 0.00108. The monoisotopic (exact) mass is 522 g/mol. The van der Waals surface area contributed by atoms with Crippen LogP contribution in [-0.4, -0.2) is 68.2 Å². The van der Waals surface area contributed by atoms with Crippen molar-refractivity contribution in [3.05, 3.63) is 96.6 Å². The molecule has 1 aliphatic heterocycles. The van der Waals surface area contributed by atoms with Crippen molar-refractivity contribution < 1.29 is 9.59 Å². The van der Waals surface area contributed by atoms with Crippen LogP contribution in [-0.2, 0) is 9.59 Å². The zero-order chi connectivity index (χ0) is 27.0. The Hall–Kier alpha value is -4.46. The number of rotatable bonds is 6. The van der Waals surface area contributed by atoms with Crippen molar-refractivity contribution in [2.24, 2.45) is 0 Å². The molecule has 1 unspecified atom stereocenters. The largest absolute Gasteiger partial charge is 0.358 e. The minimum atomic E-state index is -0.481. The number of carbonyl (C=O) groups is 2. The molecule has 2 aliphatic rings. The molecule has 200 valence electrons. The lowest BCUT2D eigenvalue weighted by atomic mass is 10.1. The van der Waals surface area contributed by atoms with Gasteiger partial charge >= 0.3 is 0 Å². The predicted molar refractivity (Wildman–Crippen MR) is 155 cm³/mol. The first-order chi connectivity index (χ1) is 19.1. The number of imidazole rings is 1. The van der Waals surface area contributed by atoms with Crippen LogP contribution >= 0.6 is 0 Å². The Morgan fingerprint density at radius 3 is 2.69 bits per heavy atom. The van der Waals surface area contributed by atoms with E-state index >= 15 is 0 Å². The second-order valence-corrected chi connectivity index (χ2v) is 9.76. The molecule has 1 saturated heterocycles. The zero-order valence-corrected chi connectivity index (χ0v) is 22.2. The quantitative estimate of drug-likeness (QED) is 0.479. The number of fused-ring (bicyclic) bond motifs is 1. The lowest BCUT2D eigenvalue weighted by Crippen LogP contribution is -2.43. The van der Waals surface area contributed by atoms with E-state index in [1.165, 1.54) is 0 Å². The van der Waals surface area contributed by atoms with Crippen LogP contribution in [0.5, 0.6) is 0 Å². The van der Waals surface area contributed by atoms with Crippen molar-refractivity contribution in [2.75, 3.05) is 31.5 Å². The molecule has 1 aliphatic carbocycles. The summed E-state index contributed by atoms with van der Waals surface area (Å²) < 4.78 is 1.94. The van der Waals surface area contributed by atoms with Gasteiger partial charge in [0.15, 0.2) is 5.65 Å². The minimum Gasteiger partial charge on any atom is -0.358 e. The smallest absolute Gasteiger partial charge is 0.246 e. The number of anilines is 1. The maximum absolute atomic E-state index is 13.6. The number of nitrogens with one attached hydrogen (secondary N) is 1. The van der Waals surface area contributed by atoms with Gasteiger partial charge in [0, 0.05) is 50.2 Å². The van der Waals surface area contributed by atoms with E-state index in [1.54, 1.807) is 18.5 Å². The van der Waals surface area contributed by atoms with Gasteiger partial charge in [0.25, 0.3) is 0 Å². The standard InChI is InChI=1S/C31H34N6O2/c1-24(31(39)36-19-10-18-35(21-22-36)28(38)16-15-25-11-6-5-7-12-25)33-30-29(26-13-8-3-2-4-9-14-26)34-27-23-32-17-20-37(27)30/h3,5-9,11-17,20,23-24,33H,2,4,10,18-19,21-22H2,1H3/b8-3-,14-9-,16-15+,26-13+. The van der Waals surface area contributed by atoms with Gasteiger partial charge in [-0.25, -0.2) is 4.98 Å². The Morgan fingerprint density at radius 1 is 1.03 bits per heavy atom. The Morgan fingerprint density at radius 2 is 1.82 bits per heavy atom. The van der Waals surface area contributed by atoms with Crippen molar-refractivity contribution >= 4 is 34.9 Å². The molecule has 1 atom stereocenters. The molecule has 2 amide bonds. The van der Waals surface area contributed by atoms with Crippen molar-refractivity contribution in [1.29, 1.82) is 0 Å². The maximum atomic E-state index is 13.6. The van der Waals surface area contributed by atoms with Gasteiger partial charge in [-0.3, -0.25) is 19.0 Å². The average molecular weight is 523 g/mol. The number of hydrogen-bond donors (Lipinski definition) is 1. The summed E-state index contributed by atoms with van der Waals surface area (Å²) in [4.78, 5) is 39.1. The zero-order valence-electron chi connectivity index (χ0n) is 22.2. The Labute approximate surface area is 229 Å². The topological polar surface area (TPSA) is 82.8 Å². The second-order valence-electron chi connectivity index (χ2n) is 9.76. The fourth-order valence-electron chi connectivity index (χ4n) is 4.87. The van der Waals surface area contributed by atoms with E-state index in [2.05, 4.69) is 40.7 Å². The fourth-order valence-corrected chi connectivity index (χ4v) is 4.87. The van der Waals surface area contributed by atoms with Gasteiger partial charge in [0.1, 0.15) is 17.6 Å². The van der Waals surface area contributed by atoms with E-state index in [4.69, 9.17) is 4.98 Å². The molecule has 1 fully saturated rings. The van der Waals surface area contributed by atoms with E-state index in [0.29, 0.717) is 31.8 Å². The number of aromatic nitrogens is 3. The van der Waals surface area contributed by atoms with Gasteiger partial charge in [0.2, 0.25) is 11.8 Å². The highest BCUT2D eigenvalue weighted by molar-refractivity contribution is 5.92. The molecule has 2 aromatic heterocycles. The average Bonchev–Trinajstić information content (AvgIpc) is 3.12. The molecule has 0 spiro atoms. The number of carbonyl (C=O) groups excluding carboxylic acids is 2. The van der Waals surface area contributed by atoms with E-state index in [-0.39, 0.29) is 11.8 Å². The van der Waals surface area contributed by atoms with E-state index in [1.807, 2.05) is 63.7 Å². The number of nitrogens with zero attached hydrogens (tertiary/aromatic N) is 5. The number of allylic oxidation sites excluding steroid dienone is 6. The van der Waals surface area contributed by atoms with Gasteiger partial charge in [0.05, 0.1) is 6.20 Å². The third kappa shape index (κ3) is 6.34. The van der Waals surface area contributed by atoms with Gasteiger partial charge in [-0.05, 0) is 37.8 Å². The van der Waals surface area contributed by atoms with Crippen LogP contribution in [0.4, 0.5) is 5.82 Å². The molecule has 8 heteroatoms. The van der Waals surface area contributed by atoms with Crippen LogP contribution in [0.3, 0.4) is 0 Å². The highest BCUT2D eigenvalue weighted by Gasteiger charge is 2.26. The third-order valence-electron chi connectivity index (χ3n) is 6.97. The van der Waals surface area contributed by atoms with Gasteiger partial charge in [-0.15, -0.1) is 0 Å². The first-order valence-corrected chi connectivity index (χ1v) is 13.5. The van der Waals surface area contributed by atoms with Gasteiger partial charge < -0.3 is 15.1 Å². The molecular formula is C31H34N6O2. The summed E-state index contributed by atoms with van der Waals surface area (Å²) in [6.07, 6.45) is 21.9. The van der Waals surface area contributed by atoms with Crippen LogP contribution < -0.4 is 5.32 Å². The highest BCUT2D eigenvalue weighted by atomic mass is 16.2. The lowest BCUT2D eigenvalue weighted by molar-refractivity contribution is -0.132. The lowest BCUT2D eigenvalue weighted by Gasteiger charge is -2.25. The maximum Gasteiger partial charge on any atom is 0.246 e. The predicted octanol–water partition coefficient (Wildman–Crippen LogP) is 4.59. The molecule has 1 N–H and O–H groups in total. The van der Waals surface area contributed by atoms with Crippen LogP contribution in [0, 0.1) is 0 Å². The number of hydrogen-bond acceptors (Lipinski definition) is 5. The Balaban J connectivity index is 1.28. The summed E-state index contributed by atoms with van der Waals surface area (Å²) in [6, 6.07) is 9.30. The molecule has 8 nitrogen and oxygen atoms in total. The second kappa shape index (κ2) is 12.4. The third-order valence-corrected chi connectivity index (χ3v) is 6.97. The van der Waals surface area contributed by atoms with Gasteiger partial charge in [-0.1, -0.05) is 60.7 Å². The van der Waals surface area contributed by atoms with Crippen molar-refractivity contribution in [3.8, 4) is 0 Å². The summed E-state index contributed by atoms with van der Waals surface area (Å²) in [7, 11) is 0. The summed E-state index contributed by atoms with van der Waals surface area (Å²) in [5.41, 5.74) is 3.46. The summed E-state index contributed by atoms with van der Waals surface area (Å²) in [6.45, 7) is 4.12. The molecule has 1 aromatic carbocycles. The molecule has 5 rings (SSSR count). The Kier molecular flexibility index (Phi) is 8.31.